The number of carbonyl (C=O) groups excluding carboxylic acids is 1. The number of carbonyl (C=O) groups is 1. The fourth-order valence-electron chi connectivity index (χ4n) is 3.09. The largest absolute Gasteiger partial charge is 0.441 e. The summed E-state index contributed by atoms with van der Waals surface area (Å²) in [4.78, 5) is 18.5. The molecule has 0 unspecified atom stereocenters. The van der Waals surface area contributed by atoms with Crippen LogP contribution in [0.25, 0.3) is 11.1 Å². The van der Waals surface area contributed by atoms with Crippen LogP contribution in [0, 0.1) is 0 Å². The Labute approximate surface area is 130 Å². The van der Waals surface area contributed by atoms with E-state index in [1.54, 1.807) is 0 Å². The van der Waals surface area contributed by atoms with Crippen molar-refractivity contribution in [3.63, 3.8) is 0 Å². The first-order valence-electron chi connectivity index (χ1n) is 8.04. The SMILES string of the molecule is CN(CC(=O)NCCc1nc2ccccc2o1)C1CCCC1. The second-order valence-electron chi connectivity index (χ2n) is 6.03. The van der Waals surface area contributed by atoms with Crippen molar-refractivity contribution in [3.8, 4) is 0 Å². The van der Waals surface area contributed by atoms with Crippen LogP contribution in [0.3, 0.4) is 0 Å². The summed E-state index contributed by atoms with van der Waals surface area (Å²) in [7, 11) is 2.04. The Balaban J connectivity index is 1.43. The van der Waals surface area contributed by atoms with E-state index >= 15 is 0 Å². The second-order valence-corrected chi connectivity index (χ2v) is 6.03. The van der Waals surface area contributed by atoms with E-state index in [9.17, 15) is 4.79 Å². The highest BCUT2D eigenvalue weighted by Crippen LogP contribution is 2.21. The van der Waals surface area contributed by atoms with Crippen molar-refractivity contribution in [2.45, 2.75) is 38.1 Å². The lowest BCUT2D eigenvalue weighted by Gasteiger charge is -2.23. The molecule has 0 saturated heterocycles. The smallest absolute Gasteiger partial charge is 0.234 e. The maximum atomic E-state index is 12.0. The highest BCUT2D eigenvalue weighted by atomic mass is 16.3. The molecular formula is C17H23N3O2. The average molecular weight is 301 g/mol. The molecule has 1 saturated carbocycles. The van der Waals surface area contributed by atoms with Crippen LogP contribution in [0.1, 0.15) is 31.6 Å². The number of para-hydroxylation sites is 2. The summed E-state index contributed by atoms with van der Waals surface area (Å²) in [6.45, 7) is 1.03. The molecule has 1 N–H and O–H groups in total. The van der Waals surface area contributed by atoms with Gasteiger partial charge in [0.05, 0.1) is 6.54 Å². The molecule has 1 aliphatic rings. The fourth-order valence-corrected chi connectivity index (χ4v) is 3.09. The molecule has 1 aromatic carbocycles. The van der Waals surface area contributed by atoms with Gasteiger partial charge in [0, 0.05) is 19.0 Å². The monoisotopic (exact) mass is 301 g/mol. The van der Waals surface area contributed by atoms with Crippen LogP contribution in [0.4, 0.5) is 0 Å². The number of amides is 1. The van der Waals surface area contributed by atoms with Crippen molar-refractivity contribution in [2.24, 2.45) is 0 Å². The van der Waals surface area contributed by atoms with Crippen molar-refractivity contribution in [1.29, 1.82) is 0 Å². The molecule has 0 atom stereocenters. The Bertz CT molecular complexity index is 599. The molecule has 1 fully saturated rings. The molecule has 1 aromatic heterocycles. The minimum atomic E-state index is 0.0745. The molecule has 22 heavy (non-hydrogen) atoms. The van der Waals surface area contributed by atoms with Gasteiger partial charge in [0.2, 0.25) is 5.91 Å². The van der Waals surface area contributed by atoms with E-state index in [1.165, 1.54) is 25.7 Å². The number of oxazole rings is 1. The van der Waals surface area contributed by atoms with Crippen LogP contribution < -0.4 is 5.32 Å². The van der Waals surface area contributed by atoms with Crippen LogP contribution in [-0.2, 0) is 11.2 Å². The third kappa shape index (κ3) is 3.65. The first kappa shape index (κ1) is 15.0. The summed E-state index contributed by atoms with van der Waals surface area (Å²) in [5, 5.41) is 2.95. The third-order valence-corrected chi connectivity index (χ3v) is 4.34. The van der Waals surface area contributed by atoms with Crippen molar-refractivity contribution in [2.75, 3.05) is 20.1 Å². The van der Waals surface area contributed by atoms with Crippen molar-refractivity contribution < 1.29 is 9.21 Å². The summed E-state index contributed by atoms with van der Waals surface area (Å²) < 4.78 is 5.64. The molecule has 5 nitrogen and oxygen atoms in total. The number of likely N-dealkylation sites (N-methyl/N-ethyl adjacent to an activating group) is 1. The topological polar surface area (TPSA) is 58.4 Å². The van der Waals surface area contributed by atoms with E-state index in [-0.39, 0.29) is 5.91 Å². The average Bonchev–Trinajstić information content (AvgIpc) is 3.16. The van der Waals surface area contributed by atoms with E-state index in [2.05, 4.69) is 15.2 Å². The normalized spacial score (nSPS) is 15.7. The first-order chi connectivity index (χ1) is 10.7. The van der Waals surface area contributed by atoms with Crippen LogP contribution in [0.5, 0.6) is 0 Å². The van der Waals surface area contributed by atoms with Crippen LogP contribution in [0.2, 0.25) is 0 Å². The lowest BCUT2D eigenvalue weighted by atomic mass is 10.2. The Morgan fingerprint density at radius 2 is 2.14 bits per heavy atom. The third-order valence-electron chi connectivity index (χ3n) is 4.34. The van der Waals surface area contributed by atoms with Crippen LogP contribution in [0.15, 0.2) is 28.7 Å². The minimum absolute atomic E-state index is 0.0745. The predicted octanol–water partition coefficient (Wildman–Crippen LogP) is 2.36. The van der Waals surface area contributed by atoms with Crippen LogP contribution in [-0.4, -0.2) is 42.0 Å². The van der Waals surface area contributed by atoms with Crippen molar-refractivity contribution >= 4 is 17.0 Å². The summed E-state index contributed by atoms with van der Waals surface area (Å²) >= 11 is 0. The predicted molar refractivity (Wildman–Crippen MR) is 85.6 cm³/mol. The molecule has 1 amide bonds. The Kier molecular flexibility index (Phi) is 4.73. The zero-order valence-electron chi connectivity index (χ0n) is 13.0. The van der Waals surface area contributed by atoms with Gasteiger partial charge in [0.15, 0.2) is 11.5 Å². The van der Waals surface area contributed by atoms with E-state index in [0.29, 0.717) is 31.4 Å². The molecule has 118 valence electrons. The quantitative estimate of drug-likeness (QED) is 0.890. The van der Waals surface area contributed by atoms with E-state index < -0.39 is 0 Å². The molecule has 0 bridgehead atoms. The number of nitrogens with one attached hydrogen (secondary N) is 1. The van der Waals surface area contributed by atoms with Crippen LogP contribution >= 0.6 is 0 Å². The van der Waals surface area contributed by atoms with Gasteiger partial charge in [0.25, 0.3) is 0 Å². The Morgan fingerprint density at radius 1 is 1.36 bits per heavy atom. The van der Waals surface area contributed by atoms with Gasteiger partial charge in [-0.15, -0.1) is 0 Å². The van der Waals surface area contributed by atoms with Gasteiger partial charge >= 0.3 is 0 Å². The summed E-state index contributed by atoms with van der Waals surface area (Å²) in [5.74, 6) is 0.746. The molecule has 0 spiro atoms. The van der Waals surface area contributed by atoms with Gasteiger partial charge in [-0.2, -0.15) is 0 Å². The summed E-state index contributed by atoms with van der Waals surface area (Å²) in [5.41, 5.74) is 1.66. The number of hydrogen-bond donors (Lipinski definition) is 1. The van der Waals surface area contributed by atoms with Crippen molar-refractivity contribution in [3.05, 3.63) is 30.2 Å². The van der Waals surface area contributed by atoms with E-state index in [1.807, 2.05) is 31.3 Å². The van der Waals surface area contributed by atoms with Crippen molar-refractivity contribution in [1.82, 2.24) is 15.2 Å². The molecular weight excluding hydrogens is 278 g/mol. The zero-order valence-corrected chi connectivity index (χ0v) is 13.0. The number of fused-ring (bicyclic) bond motifs is 1. The Hall–Kier alpha value is -1.88. The minimum Gasteiger partial charge on any atom is -0.441 e. The summed E-state index contributed by atoms with van der Waals surface area (Å²) in [6.07, 6.45) is 5.62. The van der Waals surface area contributed by atoms with Gasteiger partial charge in [-0.3, -0.25) is 9.69 Å². The fraction of sp³-hybridized carbons (Fsp3) is 0.529. The van der Waals surface area contributed by atoms with E-state index in [4.69, 9.17) is 4.42 Å². The second kappa shape index (κ2) is 6.92. The molecule has 1 heterocycles. The van der Waals surface area contributed by atoms with Gasteiger partial charge in [-0.05, 0) is 32.0 Å². The number of aromatic nitrogens is 1. The summed E-state index contributed by atoms with van der Waals surface area (Å²) in [6, 6.07) is 8.27. The number of hydrogen-bond acceptors (Lipinski definition) is 4. The molecule has 0 radical (unpaired) electrons. The Morgan fingerprint density at radius 3 is 2.91 bits per heavy atom. The molecule has 3 rings (SSSR count). The lowest BCUT2D eigenvalue weighted by molar-refractivity contribution is -0.122. The lowest BCUT2D eigenvalue weighted by Crippen LogP contribution is -2.40. The number of nitrogens with zero attached hydrogens (tertiary/aromatic N) is 2. The molecule has 5 heteroatoms. The molecule has 2 aromatic rings. The van der Waals surface area contributed by atoms with Gasteiger partial charge in [0.1, 0.15) is 5.52 Å². The first-order valence-corrected chi connectivity index (χ1v) is 8.04. The molecule has 0 aliphatic heterocycles. The van der Waals surface area contributed by atoms with Gasteiger partial charge in [-0.25, -0.2) is 4.98 Å². The number of benzene rings is 1. The zero-order chi connectivity index (χ0) is 15.4. The maximum Gasteiger partial charge on any atom is 0.234 e. The maximum absolute atomic E-state index is 12.0. The standard InChI is InChI=1S/C17H23N3O2/c1-20(13-6-2-3-7-13)12-16(21)18-11-10-17-19-14-8-4-5-9-15(14)22-17/h4-5,8-9,13H,2-3,6-7,10-12H2,1H3,(H,18,21). The highest BCUT2D eigenvalue weighted by Gasteiger charge is 2.20. The molecule has 1 aliphatic carbocycles. The van der Waals surface area contributed by atoms with Gasteiger partial charge < -0.3 is 9.73 Å². The highest BCUT2D eigenvalue weighted by molar-refractivity contribution is 5.78. The van der Waals surface area contributed by atoms with E-state index in [0.717, 1.165) is 11.1 Å². The van der Waals surface area contributed by atoms with Gasteiger partial charge in [-0.1, -0.05) is 25.0 Å². The number of rotatable bonds is 6.